The van der Waals surface area contributed by atoms with Gasteiger partial charge in [0.1, 0.15) is 11.5 Å². The number of rotatable bonds is 7. The lowest BCUT2D eigenvalue weighted by Crippen LogP contribution is -2.35. The van der Waals surface area contributed by atoms with E-state index in [-0.39, 0.29) is 34.1 Å². The minimum absolute atomic E-state index is 0.0204. The first-order valence-corrected chi connectivity index (χ1v) is 10.1. The normalized spacial score (nSPS) is 15.2. The summed E-state index contributed by atoms with van der Waals surface area (Å²) >= 11 is 0. The van der Waals surface area contributed by atoms with Crippen LogP contribution in [-0.2, 0) is 9.59 Å². The van der Waals surface area contributed by atoms with Crippen LogP contribution in [0.4, 0.5) is 20.2 Å². The Morgan fingerprint density at radius 3 is 2.54 bits per heavy atom. The molecular weight excluding hydrogens is 466 g/mol. The number of carbonyl (C=O) groups excluding carboxylic acids is 2. The topological polar surface area (TPSA) is 124 Å². The van der Waals surface area contributed by atoms with Gasteiger partial charge in [0.2, 0.25) is 0 Å². The highest BCUT2D eigenvalue weighted by atomic mass is 19.3. The van der Waals surface area contributed by atoms with Crippen molar-refractivity contribution in [1.29, 1.82) is 0 Å². The van der Waals surface area contributed by atoms with Crippen molar-refractivity contribution in [2.45, 2.75) is 13.5 Å². The third-order valence-electron chi connectivity index (χ3n) is 5.03. The minimum Gasteiger partial charge on any atom is -0.434 e. The quantitative estimate of drug-likeness (QED) is 0.162. The number of esters is 1. The Kier molecular flexibility index (Phi) is 6.44. The summed E-state index contributed by atoms with van der Waals surface area (Å²) in [7, 11) is 0. The molecule has 178 valence electrons. The van der Waals surface area contributed by atoms with Crippen LogP contribution in [0, 0.1) is 16.0 Å². The number of non-ortho nitro benzene ring substituents is 1. The number of amides is 1. The molecule has 35 heavy (non-hydrogen) atoms. The van der Waals surface area contributed by atoms with E-state index >= 15 is 0 Å². The van der Waals surface area contributed by atoms with Crippen LogP contribution in [-0.4, -0.2) is 34.1 Å². The molecule has 0 saturated carbocycles. The molecule has 0 radical (unpaired) electrons. The number of ether oxygens (including phenoxy) is 2. The molecule has 0 bridgehead atoms. The summed E-state index contributed by atoms with van der Waals surface area (Å²) in [5.74, 6) is -3.10. The Hall–Kier alpha value is -4.74. The summed E-state index contributed by atoms with van der Waals surface area (Å²) in [6.45, 7) is -1.60. The first-order valence-electron chi connectivity index (χ1n) is 10.1. The van der Waals surface area contributed by atoms with Crippen LogP contribution in [0.25, 0.3) is 11.1 Å². The lowest BCUT2D eigenvalue weighted by Gasteiger charge is -2.17. The van der Waals surface area contributed by atoms with Gasteiger partial charge in [-0.05, 0) is 43.3 Å². The van der Waals surface area contributed by atoms with Crippen LogP contribution >= 0.6 is 0 Å². The first-order chi connectivity index (χ1) is 16.7. The maximum Gasteiger partial charge on any atom is 0.387 e. The number of alkyl halides is 2. The van der Waals surface area contributed by atoms with E-state index in [0.717, 1.165) is 17.1 Å². The Bertz CT molecular complexity index is 1320. The van der Waals surface area contributed by atoms with Gasteiger partial charge in [-0.15, -0.1) is 0 Å². The summed E-state index contributed by atoms with van der Waals surface area (Å²) < 4.78 is 35.6. The number of hydrogen-bond donors (Lipinski definition) is 0. The molecular formula is C23H16F2N4O6. The number of benzene rings is 2. The van der Waals surface area contributed by atoms with Gasteiger partial charge >= 0.3 is 12.6 Å². The Morgan fingerprint density at radius 1 is 1.17 bits per heavy atom. The molecule has 1 amide bonds. The van der Waals surface area contributed by atoms with Crippen LogP contribution in [0.15, 0.2) is 72.1 Å². The van der Waals surface area contributed by atoms with Crippen LogP contribution in [0.2, 0.25) is 0 Å². The zero-order valence-corrected chi connectivity index (χ0v) is 18.0. The molecule has 1 unspecified atom stereocenters. The fourth-order valence-electron chi connectivity index (χ4n) is 3.43. The smallest absolute Gasteiger partial charge is 0.387 e. The molecule has 2 heterocycles. The maximum atomic E-state index is 13.1. The van der Waals surface area contributed by atoms with Crippen molar-refractivity contribution in [2.75, 3.05) is 5.01 Å². The standard InChI is InChI=1S/C23H16F2N4O6/c1-13-20(22(31)34-17-7-4-15(5-8-17)29(32)33)21(30)28(27-13)16-6-9-19(35-23(24)25)18(11-16)14-3-2-10-26-12-14/h2-12,20,23H,1H3. The fourth-order valence-corrected chi connectivity index (χ4v) is 3.43. The molecule has 0 N–H and O–H groups in total. The largest absolute Gasteiger partial charge is 0.434 e. The summed E-state index contributed by atoms with van der Waals surface area (Å²) in [6.07, 6.45) is 2.96. The van der Waals surface area contributed by atoms with Crippen molar-refractivity contribution < 1.29 is 32.8 Å². The Morgan fingerprint density at radius 2 is 1.91 bits per heavy atom. The average Bonchev–Trinajstić information content (AvgIpc) is 3.13. The Balaban J connectivity index is 1.59. The number of anilines is 1. The van der Waals surface area contributed by atoms with Crippen LogP contribution in [0.5, 0.6) is 11.5 Å². The van der Waals surface area contributed by atoms with Crippen molar-refractivity contribution in [2.24, 2.45) is 11.0 Å². The van der Waals surface area contributed by atoms with Gasteiger partial charge < -0.3 is 9.47 Å². The SMILES string of the molecule is CC1=NN(c2ccc(OC(F)F)c(-c3cccnc3)c2)C(=O)C1C(=O)Oc1ccc([N+](=O)[O-])cc1. The summed E-state index contributed by atoms with van der Waals surface area (Å²) in [4.78, 5) is 39.9. The third-order valence-corrected chi connectivity index (χ3v) is 5.03. The van der Waals surface area contributed by atoms with Crippen LogP contribution in [0.3, 0.4) is 0 Å². The molecule has 3 aromatic rings. The van der Waals surface area contributed by atoms with Gasteiger partial charge in [0.05, 0.1) is 16.3 Å². The van der Waals surface area contributed by atoms with Crippen molar-refractivity contribution in [3.63, 3.8) is 0 Å². The van der Waals surface area contributed by atoms with Gasteiger partial charge in [-0.25, -0.2) is 0 Å². The van der Waals surface area contributed by atoms with E-state index in [1.807, 2.05) is 0 Å². The predicted octanol–water partition coefficient (Wildman–Crippen LogP) is 4.20. The molecule has 0 spiro atoms. The number of nitro groups is 1. The van der Waals surface area contributed by atoms with Gasteiger partial charge in [-0.1, -0.05) is 6.07 Å². The predicted molar refractivity (Wildman–Crippen MR) is 119 cm³/mol. The fraction of sp³-hybridized carbons (Fsp3) is 0.130. The number of nitro benzene ring substituents is 1. The average molecular weight is 482 g/mol. The molecule has 2 aromatic carbocycles. The van der Waals surface area contributed by atoms with Gasteiger partial charge in [0.25, 0.3) is 11.6 Å². The Labute approximate surface area is 196 Å². The van der Waals surface area contributed by atoms with Gasteiger partial charge in [0.15, 0.2) is 5.92 Å². The number of pyridine rings is 1. The summed E-state index contributed by atoms with van der Waals surface area (Å²) in [5, 5.41) is 15.9. The maximum absolute atomic E-state index is 13.1. The van der Waals surface area contributed by atoms with E-state index in [1.165, 1.54) is 49.6 Å². The highest BCUT2D eigenvalue weighted by Gasteiger charge is 2.41. The molecule has 1 aliphatic rings. The van der Waals surface area contributed by atoms with Crippen LogP contribution in [0.1, 0.15) is 6.92 Å². The monoisotopic (exact) mass is 482 g/mol. The molecule has 12 heteroatoms. The first kappa shape index (κ1) is 23.4. The number of aromatic nitrogens is 1. The minimum atomic E-state index is -3.07. The van der Waals surface area contributed by atoms with Crippen LogP contribution < -0.4 is 14.5 Å². The second kappa shape index (κ2) is 9.63. The number of hydrogen-bond acceptors (Lipinski definition) is 8. The second-order valence-corrected chi connectivity index (χ2v) is 7.30. The van der Waals surface area contributed by atoms with Crippen molar-refractivity contribution in [3.8, 4) is 22.6 Å². The van der Waals surface area contributed by atoms with Crippen molar-refractivity contribution in [3.05, 3.63) is 77.1 Å². The molecule has 0 aliphatic carbocycles. The zero-order chi connectivity index (χ0) is 25.1. The van der Waals surface area contributed by atoms with Crippen molar-refractivity contribution >= 4 is 29.0 Å². The molecule has 0 saturated heterocycles. The van der Waals surface area contributed by atoms with E-state index < -0.39 is 29.3 Å². The number of hydrazone groups is 1. The van der Waals surface area contributed by atoms with Gasteiger partial charge in [-0.3, -0.25) is 24.7 Å². The zero-order valence-electron chi connectivity index (χ0n) is 18.0. The molecule has 1 atom stereocenters. The van der Waals surface area contributed by atoms with Crippen molar-refractivity contribution in [1.82, 2.24) is 4.98 Å². The summed E-state index contributed by atoms with van der Waals surface area (Å²) in [6, 6.07) is 12.1. The van der Waals surface area contributed by atoms with E-state index in [4.69, 9.17) is 4.74 Å². The molecule has 4 rings (SSSR count). The lowest BCUT2D eigenvalue weighted by atomic mass is 10.0. The number of nitrogens with zero attached hydrogens (tertiary/aromatic N) is 4. The lowest BCUT2D eigenvalue weighted by molar-refractivity contribution is -0.384. The highest BCUT2D eigenvalue weighted by molar-refractivity contribution is 6.25. The van der Waals surface area contributed by atoms with E-state index in [2.05, 4.69) is 14.8 Å². The molecule has 0 fully saturated rings. The number of halogens is 2. The number of carbonyl (C=O) groups is 2. The van der Waals surface area contributed by atoms with Gasteiger partial charge in [-0.2, -0.15) is 18.9 Å². The summed E-state index contributed by atoms with van der Waals surface area (Å²) in [5.41, 5.74) is 0.882. The van der Waals surface area contributed by atoms with E-state index in [1.54, 1.807) is 12.1 Å². The van der Waals surface area contributed by atoms with E-state index in [0.29, 0.717) is 5.56 Å². The molecule has 1 aromatic heterocycles. The molecule has 10 nitrogen and oxygen atoms in total. The third kappa shape index (κ3) is 4.95. The second-order valence-electron chi connectivity index (χ2n) is 7.30. The highest BCUT2D eigenvalue weighted by Crippen LogP contribution is 2.36. The van der Waals surface area contributed by atoms with Gasteiger partial charge in [0, 0.05) is 35.7 Å². The molecule has 1 aliphatic heterocycles. The van der Waals surface area contributed by atoms with E-state index in [9.17, 15) is 28.5 Å².